The van der Waals surface area contributed by atoms with Gasteiger partial charge in [-0.2, -0.15) is 0 Å². The highest BCUT2D eigenvalue weighted by atomic mass is 35.5. The molecule has 0 saturated carbocycles. The van der Waals surface area contributed by atoms with E-state index in [0.29, 0.717) is 21.8 Å². The van der Waals surface area contributed by atoms with Gasteiger partial charge in [-0.1, -0.05) is 64.9 Å². The Labute approximate surface area is 199 Å². The zero-order chi connectivity index (χ0) is 23.9. The third-order valence-corrected chi connectivity index (χ3v) is 6.89. The maximum absolute atomic E-state index is 13.5. The summed E-state index contributed by atoms with van der Waals surface area (Å²) in [5.41, 5.74) is 2.21. The Morgan fingerprint density at radius 2 is 1.67 bits per heavy atom. The molecule has 0 N–H and O–H groups in total. The van der Waals surface area contributed by atoms with E-state index < -0.39 is 35.4 Å². The number of ether oxygens (including phenoxy) is 1. The Kier molecular flexibility index (Phi) is 6.14. The molecule has 2 aromatic carbocycles. The second-order valence-electron chi connectivity index (χ2n) is 7.65. The van der Waals surface area contributed by atoms with E-state index in [0.717, 1.165) is 16.9 Å². The number of aromatic nitrogens is 1. The van der Waals surface area contributed by atoms with Crippen LogP contribution in [0.1, 0.15) is 42.9 Å². The fraction of sp³-hybridized carbons (Fsp3) is 0.208. The van der Waals surface area contributed by atoms with E-state index in [-0.39, 0.29) is 10.0 Å². The molecule has 0 spiro atoms. The molecule has 1 amide bonds. The molecule has 1 aliphatic heterocycles. The lowest BCUT2D eigenvalue weighted by Crippen LogP contribution is -2.30. The smallest absolute Gasteiger partial charge is 0.350 e. The lowest BCUT2D eigenvalue weighted by Gasteiger charge is -2.25. The maximum atomic E-state index is 13.5. The summed E-state index contributed by atoms with van der Waals surface area (Å²) in [6.45, 7) is 3.50. The number of thiazole rings is 1. The van der Waals surface area contributed by atoms with Gasteiger partial charge in [0.05, 0.1) is 18.8 Å². The molecular formula is C24H19ClN2O5S. The molecule has 7 nitrogen and oxygen atoms in total. The van der Waals surface area contributed by atoms with Gasteiger partial charge in [0.2, 0.25) is 5.78 Å². The second kappa shape index (κ2) is 8.88. The summed E-state index contributed by atoms with van der Waals surface area (Å²) in [5, 5.41) is 0.617. The van der Waals surface area contributed by atoms with E-state index in [1.807, 2.05) is 6.92 Å². The van der Waals surface area contributed by atoms with Crippen LogP contribution in [0.2, 0.25) is 5.02 Å². The molecule has 1 saturated heterocycles. The summed E-state index contributed by atoms with van der Waals surface area (Å²) in [5.74, 6) is -4.01. The summed E-state index contributed by atoms with van der Waals surface area (Å²) < 4.78 is 4.78. The van der Waals surface area contributed by atoms with Gasteiger partial charge in [-0.3, -0.25) is 19.3 Å². The van der Waals surface area contributed by atoms with Crippen molar-refractivity contribution >= 4 is 51.5 Å². The first-order valence-corrected chi connectivity index (χ1v) is 11.2. The number of benzene rings is 2. The number of carbonyl (C=O) groups excluding carboxylic acids is 4. The first kappa shape index (κ1) is 22.8. The van der Waals surface area contributed by atoms with Gasteiger partial charge < -0.3 is 4.74 Å². The summed E-state index contributed by atoms with van der Waals surface area (Å²) >= 11 is 6.98. The number of ketones is 2. The molecular weight excluding hydrogens is 464 g/mol. The van der Waals surface area contributed by atoms with E-state index in [4.69, 9.17) is 16.3 Å². The van der Waals surface area contributed by atoms with Gasteiger partial charge in [0.25, 0.3) is 5.91 Å². The molecule has 4 rings (SSSR count). The SMILES string of the molecule is COC(=O)c1sc(N2C(=O)C(=O)C(C(=O)c3ccc(C)cc3)C2c2ccc(Cl)cc2)nc1C. The van der Waals surface area contributed by atoms with Crippen LogP contribution < -0.4 is 4.90 Å². The van der Waals surface area contributed by atoms with Crippen molar-refractivity contribution in [2.45, 2.75) is 19.9 Å². The average Bonchev–Trinajstić information content (AvgIpc) is 3.31. The van der Waals surface area contributed by atoms with E-state index in [1.165, 1.54) is 12.0 Å². The molecule has 168 valence electrons. The van der Waals surface area contributed by atoms with Gasteiger partial charge in [-0.05, 0) is 31.5 Å². The highest BCUT2D eigenvalue weighted by Gasteiger charge is 2.53. The van der Waals surface area contributed by atoms with Crippen molar-refractivity contribution in [3.8, 4) is 0 Å². The normalized spacial score (nSPS) is 18.0. The summed E-state index contributed by atoms with van der Waals surface area (Å²) in [7, 11) is 1.25. The number of carbonyl (C=O) groups is 4. The number of aryl methyl sites for hydroxylation is 2. The quantitative estimate of drug-likeness (QED) is 0.232. The molecule has 1 aliphatic rings. The number of halogens is 1. The number of hydrogen-bond donors (Lipinski definition) is 0. The highest BCUT2D eigenvalue weighted by molar-refractivity contribution is 7.17. The molecule has 1 fully saturated rings. The Balaban J connectivity index is 1.85. The van der Waals surface area contributed by atoms with Crippen LogP contribution in [0, 0.1) is 19.8 Å². The predicted octanol–water partition coefficient (Wildman–Crippen LogP) is 4.36. The van der Waals surface area contributed by atoms with Gasteiger partial charge in [-0.25, -0.2) is 9.78 Å². The number of amides is 1. The molecule has 0 bridgehead atoms. The molecule has 3 aromatic rings. The van der Waals surface area contributed by atoms with Crippen LogP contribution in [0.5, 0.6) is 0 Å². The summed E-state index contributed by atoms with van der Waals surface area (Å²) in [4.78, 5) is 57.6. The zero-order valence-corrected chi connectivity index (χ0v) is 19.6. The number of methoxy groups -OCH3 is 1. The van der Waals surface area contributed by atoms with Crippen molar-refractivity contribution in [3.05, 3.63) is 80.8 Å². The van der Waals surface area contributed by atoms with Crippen LogP contribution in [-0.4, -0.2) is 35.5 Å². The Hall–Kier alpha value is -3.36. The van der Waals surface area contributed by atoms with Crippen molar-refractivity contribution in [2.75, 3.05) is 12.0 Å². The molecule has 0 radical (unpaired) electrons. The first-order valence-electron chi connectivity index (χ1n) is 10.0. The fourth-order valence-corrected chi connectivity index (χ4v) is 4.95. The Morgan fingerprint density at radius 3 is 2.27 bits per heavy atom. The van der Waals surface area contributed by atoms with Crippen molar-refractivity contribution in [1.82, 2.24) is 4.98 Å². The first-order chi connectivity index (χ1) is 15.7. The van der Waals surface area contributed by atoms with Crippen molar-refractivity contribution in [1.29, 1.82) is 0 Å². The minimum Gasteiger partial charge on any atom is -0.465 e. The summed E-state index contributed by atoms with van der Waals surface area (Å²) in [6, 6.07) is 12.5. The van der Waals surface area contributed by atoms with Gasteiger partial charge in [0.15, 0.2) is 10.9 Å². The number of anilines is 1. The Bertz CT molecular complexity index is 1270. The van der Waals surface area contributed by atoms with E-state index in [2.05, 4.69) is 4.98 Å². The van der Waals surface area contributed by atoms with Gasteiger partial charge >= 0.3 is 5.97 Å². The van der Waals surface area contributed by atoms with Gasteiger partial charge in [0, 0.05) is 10.6 Å². The molecule has 1 aromatic heterocycles. The molecule has 33 heavy (non-hydrogen) atoms. The maximum Gasteiger partial charge on any atom is 0.350 e. The minimum absolute atomic E-state index is 0.144. The highest BCUT2D eigenvalue weighted by Crippen LogP contribution is 2.43. The Morgan fingerprint density at radius 1 is 1.03 bits per heavy atom. The largest absolute Gasteiger partial charge is 0.465 e. The lowest BCUT2D eigenvalue weighted by atomic mass is 9.86. The minimum atomic E-state index is -1.27. The van der Waals surface area contributed by atoms with E-state index in [9.17, 15) is 19.2 Å². The molecule has 0 aliphatic carbocycles. The van der Waals surface area contributed by atoms with Gasteiger partial charge in [-0.15, -0.1) is 0 Å². The van der Waals surface area contributed by atoms with Crippen molar-refractivity contribution in [3.63, 3.8) is 0 Å². The van der Waals surface area contributed by atoms with Crippen LogP contribution in [0.15, 0.2) is 48.5 Å². The standard InChI is InChI=1S/C24H19ClN2O5S/c1-12-4-6-15(7-5-12)19(28)17-18(14-8-10-16(25)11-9-14)27(22(30)20(17)29)24-26-13(2)21(33-24)23(31)32-3/h4-11,17-18H,1-3H3. The number of esters is 1. The van der Waals surface area contributed by atoms with Crippen LogP contribution in [0.25, 0.3) is 0 Å². The molecule has 2 heterocycles. The second-order valence-corrected chi connectivity index (χ2v) is 9.06. The summed E-state index contributed by atoms with van der Waals surface area (Å²) in [6.07, 6.45) is 0. The molecule has 2 unspecified atom stereocenters. The number of nitrogens with zero attached hydrogens (tertiary/aromatic N) is 2. The van der Waals surface area contributed by atoms with E-state index >= 15 is 0 Å². The number of hydrogen-bond acceptors (Lipinski definition) is 7. The number of rotatable bonds is 5. The third kappa shape index (κ3) is 4.07. The zero-order valence-electron chi connectivity index (χ0n) is 18.0. The van der Waals surface area contributed by atoms with Crippen molar-refractivity contribution in [2.24, 2.45) is 5.92 Å². The van der Waals surface area contributed by atoms with Crippen LogP contribution in [0.4, 0.5) is 5.13 Å². The third-order valence-electron chi connectivity index (χ3n) is 5.50. The topological polar surface area (TPSA) is 93.6 Å². The van der Waals surface area contributed by atoms with Crippen LogP contribution in [0.3, 0.4) is 0 Å². The average molecular weight is 483 g/mol. The van der Waals surface area contributed by atoms with Crippen LogP contribution in [-0.2, 0) is 14.3 Å². The van der Waals surface area contributed by atoms with Crippen molar-refractivity contribution < 1.29 is 23.9 Å². The van der Waals surface area contributed by atoms with Gasteiger partial charge in [0.1, 0.15) is 10.8 Å². The lowest BCUT2D eigenvalue weighted by molar-refractivity contribution is -0.135. The molecule has 9 heteroatoms. The predicted molar refractivity (Wildman–Crippen MR) is 124 cm³/mol. The number of Topliss-reactive ketones (excluding diaryl/α,β-unsaturated/α-hetero) is 2. The van der Waals surface area contributed by atoms with E-state index in [1.54, 1.807) is 55.5 Å². The van der Waals surface area contributed by atoms with Crippen LogP contribution >= 0.6 is 22.9 Å². The monoisotopic (exact) mass is 482 g/mol. The fourth-order valence-electron chi connectivity index (χ4n) is 3.80. The molecule has 2 atom stereocenters.